The number of aliphatic carboxylic acids is 1. The summed E-state index contributed by atoms with van der Waals surface area (Å²) >= 11 is 11.7. The van der Waals surface area contributed by atoms with Crippen LogP contribution in [0.4, 0.5) is 5.69 Å². The first-order valence-corrected chi connectivity index (χ1v) is 14.5. The third kappa shape index (κ3) is 9.88. The lowest BCUT2D eigenvalue weighted by atomic mass is 10.1. The quantitative estimate of drug-likeness (QED) is 0.132. The van der Waals surface area contributed by atoms with Crippen LogP contribution in [0.15, 0.2) is 103 Å². The molecule has 4 N–H and O–H groups in total. The molecule has 4 rings (SSSR count). The van der Waals surface area contributed by atoms with Crippen molar-refractivity contribution in [3.8, 4) is 0 Å². The molecule has 12 nitrogen and oxygen atoms in total. The number of rotatable bonds is 11. The smallest absolute Gasteiger partial charge is 0.349 e. The lowest BCUT2D eigenvalue weighted by molar-refractivity contribution is -0.159. The molecule has 0 fully saturated rings. The van der Waals surface area contributed by atoms with Crippen molar-refractivity contribution >= 4 is 64.5 Å². The molecule has 0 saturated carbocycles. The van der Waals surface area contributed by atoms with Gasteiger partial charge in [0.1, 0.15) is 0 Å². The summed E-state index contributed by atoms with van der Waals surface area (Å²) in [6, 6.07) is 25.3. The summed E-state index contributed by atoms with van der Waals surface area (Å²) in [5.74, 6) is -6.58. The van der Waals surface area contributed by atoms with Gasteiger partial charge in [-0.15, -0.1) is 0 Å². The van der Waals surface area contributed by atoms with Crippen LogP contribution in [0.25, 0.3) is 0 Å². The van der Waals surface area contributed by atoms with Crippen LogP contribution in [0, 0.1) is 0 Å². The Bertz CT molecular complexity index is 1770. The van der Waals surface area contributed by atoms with Crippen LogP contribution in [0.5, 0.6) is 0 Å². The fourth-order valence-electron chi connectivity index (χ4n) is 3.99. The number of carbonyl (C=O) groups excluding carboxylic acids is 5. The van der Waals surface area contributed by atoms with E-state index in [4.69, 9.17) is 32.7 Å². The van der Waals surface area contributed by atoms with E-state index >= 15 is 0 Å². The maximum absolute atomic E-state index is 13.2. The summed E-state index contributed by atoms with van der Waals surface area (Å²) < 4.78 is 10.2. The van der Waals surface area contributed by atoms with Gasteiger partial charge in [0.05, 0.1) is 17.5 Å². The number of halogens is 2. The van der Waals surface area contributed by atoms with E-state index in [2.05, 4.69) is 10.7 Å². The third-order valence-corrected chi connectivity index (χ3v) is 6.85. The lowest BCUT2D eigenvalue weighted by Gasteiger charge is -2.23. The summed E-state index contributed by atoms with van der Waals surface area (Å²) in [5, 5.41) is 13.2. The zero-order valence-electron chi connectivity index (χ0n) is 24.1. The Morgan fingerprint density at radius 1 is 0.617 bits per heavy atom. The Hall–Kier alpha value is -5.72. The maximum atomic E-state index is 13.2. The highest BCUT2D eigenvalue weighted by Gasteiger charge is 2.41. The number of esters is 2. The van der Waals surface area contributed by atoms with Gasteiger partial charge >= 0.3 is 17.9 Å². The second kappa shape index (κ2) is 16.0. The first kappa shape index (κ1) is 34.2. The van der Waals surface area contributed by atoms with Crippen LogP contribution in [-0.4, -0.2) is 52.9 Å². The van der Waals surface area contributed by atoms with E-state index < -0.39 is 41.9 Å². The SMILES string of the molecule is O=C(Cc1ccccc1)Nc1ccc(C(=O)NNC(=O)[C@@H](OC(=O)c2ccc(Cl)cc2)[C@@H](OC(=O)c2ccc(Cl)cc2)C(=O)O)cc1. The van der Waals surface area contributed by atoms with Gasteiger partial charge in [-0.2, -0.15) is 0 Å². The third-order valence-electron chi connectivity index (χ3n) is 6.34. The summed E-state index contributed by atoms with van der Waals surface area (Å²) in [4.78, 5) is 76.1. The normalized spacial score (nSPS) is 11.7. The van der Waals surface area contributed by atoms with Crippen molar-refractivity contribution in [2.24, 2.45) is 0 Å². The number of hydrogen-bond donors (Lipinski definition) is 4. The van der Waals surface area contributed by atoms with Gasteiger partial charge in [0.25, 0.3) is 11.8 Å². The number of hydrogen-bond acceptors (Lipinski definition) is 8. The van der Waals surface area contributed by atoms with Crippen LogP contribution in [0.2, 0.25) is 10.0 Å². The maximum Gasteiger partial charge on any atom is 0.349 e. The molecule has 0 aliphatic carbocycles. The molecule has 0 aliphatic rings. The van der Waals surface area contributed by atoms with Crippen molar-refractivity contribution in [3.05, 3.63) is 135 Å². The van der Waals surface area contributed by atoms with E-state index in [1.165, 1.54) is 72.8 Å². The molecule has 0 saturated heterocycles. The average molecular weight is 678 g/mol. The van der Waals surface area contributed by atoms with E-state index in [9.17, 15) is 33.9 Å². The zero-order chi connectivity index (χ0) is 33.9. The molecule has 0 unspecified atom stereocenters. The Balaban J connectivity index is 1.45. The minimum atomic E-state index is -2.34. The molecule has 0 heterocycles. The predicted molar refractivity (Wildman–Crippen MR) is 170 cm³/mol. The van der Waals surface area contributed by atoms with Gasteiger partial charge in [-0.05, 0) is 78.4 Å². The lowest BCUT2D eigenvalue weighted by Crippen LogP contribution is -2.54. The van der Waals surface area contributed by atoms with Crippen molar-refractivity contribution in [2.75, 3.05) is 5.32 Å². The highest BCUT2D eigenvalue weighted by molar-refractivity contribution is 6.31. The number of hydrazine groups is 1. The van der Waals surface area contributed by atoms with Crippen LogP contribution in [0.3, 0.4) is 0 Å². The van der Waals surface area contributed by atoms with E-state index in [0.29, 0.717) is 15.7 Å². The second-order valence-electron chi connectivity index (χ2n) is 9.74. The first-order chi connectivity index (χ1) is 22.5. The van der Waals surface area contributed by atoms with E-state index in [-0.39, 0.29) is 29.0 Å². The van der Waals surface area contributed by atoms with Crippen LogP contribution in [0.1, 0.15) is 36.6 Å². The molecule has 47 heavy (non-hydrogen) atoms. The molecule has 240 valence electrons. The Kier molecular flexibility index (Phi) is 11.6. The monoisotopic (exact) mass is 677 g/mol. The van der Waals surface area contributed by atoms with Gasteiger partial charge in [-0.1, -0.05) is 53.5 Å². The molecule has 4 aromatic carbocycles. The minimum absolute atomic E-state index is 0.0463. The van der Waals surface area contributed by atoms with E-state index in [0.717, 1.165) is 5.56 Å². The summed E-state index contributed by atoms with van der Waals surface area (Å²) in [6.07, 6.45) is -4.47. The largest absolute Gasteiger partial charge is 0.478 e. The number of amides is 3. The fourth-order valence-corrected chi connectivity index (χ4v) is 4.24. The summed E-state index contributed by atoms with van der Waals surface area (Å²) in [7, 11) is 0. The number of carboxylic acids is 1. The molecular weight excluding hydrogens is 653 g/mol. The van der Waals surface area contributed by atoms with Crippen LogP contribution in [-0.2, 0) is 30.3 Å². The number of nitrogens with one attached hydrogen (secondary N) is 3. The number of carboxylic acid groups (broad SMARTS) is 1. The summed E-state index contributed by atoms with van der Waals surface area (Å²) in [5.41, 5.74) is 5.17. The molecule has 0 aromatic heterocycles. The van der Waals surface area contributed by atoms with Crippen molar-refractivity contribution in [1.29, 1.82) is 0 Å². The van der Waals surface area contributed by atoms with Gasteiger partial charge < -0.3 is 19.9 Å². The molecular formula is C33H25Cl2N3O9. The van der Waals surface area contributed by atoms with Crippen LogP contribution < -0.4 is 16.2 Å². The minimum Gasteiger partial charge on any atom is -0.478 e. The molecule has 2 atom stereocenters. The Labute approximate surface area is 277 Å². The van der Waals surface area contributed by atoms with Gasteiger partial charge in [0.2, 0.25) is 18.1 Å². The number of anilines is 1. The number of benzene rings is 4. The molecule has 0 radical (unpaired) electrons. The average Bonchev–Trinajstić information content (AvgIpc) is 3.06. The zero-order valence-corrected chi connectivity index (χ0v) is 25.7. The highest BCUT2D eigenvalue weighted by Crippen LogP contribution is 2.17. The summed E-state index contributed by atoms with van der Waals surface area (Å²) in [6.45, 7) is 0. The van der Waals surface area contributed by atoms with Crippen molar-refractivity contribution in [1.82, 2.24) is 10.9 Å². The first-order valence-electron chi connectivity index (χ1n) is 13.7. The van der Waals surface area contributed by atoms with Crippen LogP contribution >= 0.6 is 23.2 Å². The van der Waals surface area contributed by atoms with Crippen molar-refractivity contribution in [3.63, 3.8) is 0 Å². The molecule has 3 amide bonds. The van der Waals surface area contributed by atoms with Gasteiger partial charge in [-0.25, -0.2) is 14.4 Å². The Morgan fingerprint density at radius 3 is 1.62 bits per heavy atom. The van der Waals surface area contributed by atoms with Crippen molar-refractivity contribution < 1.29 is 43.3 Å². The van der Waals surface area contributed by atoms with Gasteiger partial charge in [0, 0.05) is 21.3 Å². The second-order valence-corrected chi connectivity index (χ2v) is 10.6. The van der Waals surface area contributed by atoms with E-state index in [1.54, 1.807) is 0 Å². The topological polar surface area (TPSA) is 177 Å². The Morgan fingerprint density at radius 2 is 1.11 bits per heavy atom. The molecule has 0 bridgehead atoms. The fraction of sp³-hybridized carbons (Fsp3) is 0.0909. The van der Waals surface area contributed by atoms with Gasteiger partial charge in [0.15, 0.2) is 0 Å². The molecule has 0 aliphatic heterocycles. The number of ether oxygens (including phenoxy) is 2. The molecule has 0 spiro atoms. The van der Waals surface area contributed by atoms with Crippen molar-refractivity contribution in [2.45, 2.75) is 18.6 Å². The molecule has 14 heteroatoms. The highest BCUT2D eigenvalue weighted by atomic mass is 35.5. The number of carbonyl (C=O) groups is 6. The molecule has 4 aromatic rings. The van der Waals surface area contributed by atoms with E-state index in [1.807, 2.05) is 35.8 Å². The predicted octanol–water partition coefficient (Wildman–Crippen LogP) is 4.47. The van der Waals surface area contributed by atoms with Gasteiger partial charge in [-0.3, -0.25) is 25.2 Å². The standard InChI is InChI=1S/C33H25Cl2N3O9/c34-23-12-6-21(7-13-23)32(44)46-27(28(31(42)43)47-33(45)22-8-14-24(35)15-9-22)30(41)38-37-29(40)20-10-16-25(17-11-20)36-26(39)18-19-4-2-1-3-5-19/h1-17,27-28H,18H2,(H,36,39)(H,37,40)(H,38,41)(H,42,43)/t27-,28+/m0/s1.